The SMILES string of the molecule is CCc1noc(-c2ccc(CCNCc3cc(OC)ccc3OC)cc2)n1. The molecule has 0 saturated carbocycles. The maximum Gasteiger partial charge on any atom is 0.257 e. The fourth-order valence-electron chi connectivity index (χ4n) is 2.80. The number of benzene rings is 2. The molecule has 6 heteroatoms. The van der Waals surface area contributed by atoms with Gasteiger partial charge in [-0.3, -0.25) is 0 Å². The Balaban J connectivity index is 1.52. The van der Waals surface area contributed by atoms with Gasteiger partial charge in [-0.2, -0.15) is 4.98 Å². The van der Waals surface area contributed by atoms with Crippen molar-refractivity contribution in [2.24, 2.45) is 0 Å². The van der Waals surface area contributed by atoms with Crippen molar-refractivity contribution in [3.63, 3.8) is 0 Å². The second kappa shape index (κ2) is 9.19. The number of rotatable bonds is 9. The number of aromatic nitrogens is 2. The van der Waals surface area contributed by atoms with Crippen LogP contribution < -0.4 is 14.8 Å². The van der Waals surface area contributed by atoms with E-state index in [1.54, 1.807) is 14.2 Å². The summed E-state index contributed by atoms with van der Waals surface area (Å²) in [4.78, 5) is 4.36. The molecule has 0 amide bonds. The Morgan fingerprint density at radius 1 is 1.04 bits per heavy atom. The highest BCUT2D eigenvalue weighted by Crippen LogP contribution is 2.23. The summed E-state index contributed by atoms with van der Waals surface area (Å²) in [7, 11) is 3.35. The van der Waals surface area contributed by atoms with Gasteiger partial charge in [0.2, 0.25) is 0 Å². The van der Waals surface area contributed by atoms with Crippen LogP contribution in [0.4, 0.5) is 0 Å². The zero-order chi connectivity index (χ0) is 19.1. The van der Waals surface area contributed by atoms with E-state index >= 15 is 0 Å². The summed E-state index contributed by atoms with van der Waals surface area (Å²) in [5.41, 5.74) is 3.27. The Bertz CT molecular complexity index is 859. The summed E-state index contributed by atoms with van der Waals surface area (Å²) in [6.07, 6.45) is 1.70. The third-order valence-electron chi connectivity index (χ3n) is 4.38. The summed E-state index contributed by atoms with van der Waals surface area (Å²) < 4.78 is 16.0. The molecule has 2 aromatic carbocycles. The fourth-order valence-corrected chi connectivity index (χ4v) is 2.80. The maximum absolute atomic E-state index is 5.41. The first kappa shape index (κ1) is 18.9. The molecule has 3 aromatic rings. The van der Waals surface area contributed by atoms with E-state index in [9.17, 15) is 0 Å². The molecule has 0 radical (unpaired) electrons. The van der Waals surface area contributed by atoms with Crippen molar-refractivity contribution >= 4 is 0 Å². The molecule has 142 valence electrons. The molecule has 0 atom stereocenters. The van der Waals surface area contributed by atoms with Crippen LogP contribution in [0, 0.1) is 0 Å². The van der Waals surface area contributed by atoms with E-state index in [2.05, 4.69) is 27.6 Å². The molecule has 1 heterocycles. The smallest absolute Gasteiger partial charge is 0.257 e. The number of aryl methyl sites for hydroxylation is 1. The highest BCUT2D eigenvalue weighted by molar-refractivity contribution is 5.53. The van der Waals surface area contributed by atoms with E-state index in [1.165, 1.54) is 5.56 Å². The summed E-state index contributed by atoms with van der Waals surface area (Å²) >= 11 is 0. The topological polar surface area (TPSA) is 69.4 Å². The van der Waals surface area contributed by atoms with Gasteiger partial charge in [0.15, 0.2) is 5.82 Å². The number of nitrogens with one attached hydrogen (secondary N) is 1. The summed E-state index contributed by atoms with van der Waals surface area (Å²) in [6.45, 7) is 3.59. The zero-order valence-corrected chi connectivity index (χ0v) is 16.0. The minimum absolute atomic E-state index is 0.571. The predicted octanol–water partition coefficient (Wildman–Crippen LogP) is 3.65. The number of hydrogen-bond donors (Lipinski definition) is 1. The summed E-state index contributed by atoms with van der Waals surface area (Å²) in [5, 5.41) is 7.39. The molecule has 0 spiro atoms. The molecule has 1 aromatic heterocycles. The number of methoxy groups -OCH3 is 2. The second-order valence-corrected chi connectivity index (χ2v) is 6.17. The van der Waals surface area contributed by atoms with Crippen molar-refractivity contribution in [3.8, 4) is 23.0 Å². The van der Waals surface area contributed by atoms with Crippen LogP contribution in [0.5, 0.6) is 11.5 Å². The van der Waals surface area contributed by atoms with Crippen LogP contribution in [-0.4, -0.2) is 30.9 Å². The van der Waals surface area contributed by atoms with Crippen molar-refractivity contribution in [1.82, 2.24) is 15.5 Å². The molecular weight excluding hydrogens is 342 g/mol. The van der Waals surface area contributed by atoms with E-state index in [0.717, 1.165) is 54.4 Å². The Morgan fingerprint density at radius 2 is 1.85 bits per heavy atom. The van der Waals surface area contributed by atoms with Crippen molar-refractivity contribution < 1.29 is 14.0 Å². The maximum atomic E-state index is 5.41. The lowest BCUT2D eigenvalue weighted by atomic mass is 10.1. The number of hydrogen-bond acceptors (Lipinski definition) is 6. The van der Waals surface area contributed by atoms with E-state index < -0.39 is 0 Å². The lowest BCUT2D eigenvalue weighted by Crippen LogP contribution is -2.17. The van der Waals surface area contributed by atoms with Gasteiger partial charge in [0.25, 0.3) is 5.89 Å². The summed E-state index contributed by atoms with van der Waals surface area (Å²) in [5.74, 6) is 2.99. The van der Waals surface area contributed by atoms with Crippen LogP contribution in [0.1, 0.15) is 23.9 Å². The van der Waals surface area contributed by atoms with Crippen molar-refractivity contribution in [2.75, 3.05) is 20.8 Å². The first-order chi connectivity index (χ1) is 13.2. The second-order valence-electron chi connectivity index (χ2n) is 6.17. The predicted molar refractivity (Wildman–Crippen MR) is 104 cm³/mol. The lowest BCUT2D eigenvalue weighted by molar-refractivity contribution is 0.397. The van der Waals surface area contributed by atoms with E-state index in [-0.39, 0.29) is 0 Å². The van der Waals surface area contributed by atoms with Crippen LogP contribution in [0.3, 0.4) is 0 Å². The van der Waals surface area contributed by atoms with Gasteiger partial charge in [0.1, 0.15) is 11.5 Å². The van der Waals surface area contributed by atoms with Crippen LogP contribution in [0.25, 0.3) is 11.5 Å². The Kier molecular flexibility index (Phi) is 6.44. The summed E-state index contributed by atoms with van der Waals surface area (Å²) in [6, 6.07) is 14.1. The molecule has 6 nitrogen and oxygen atoms in total. The molecule has 0 fully saturated rings. The van der Waals surface area contributed by atoms with Gasteiger partial charge in [-0.1, -0.05) is 24.2 Å². The fraction of sp³-hybridized carbons (Fsp3) is 0.333. The third-order valence-corrected chi connectivity index (χ3v) is 4.38. The molecule has 0 aliphatic heterocycles. The van der Waals surface area contributed by atoms with Gasteiger partial charge in [0, 0.05) is 24.1 Å². The van der Waals surface area contributed by atoms with Gasteiger partial charge in [0.05, 0.1) is 14.2 Å². The Morgan fingerprint density at radius 3 is 2.52 bits per heavy atom. The molecule has 0 aliphatic rings. The molecule has 0 aliphatic carbocycles. The van der Waals surface area contributed by atoms with Crippen LogP contribution in [-0.2, 0) is 19.4 Å². The largest absolute Gasteiger partial charge is 0.497 e. The van der Waals surface area contributed by atoms with Crippen LogP contribution in [0.15, 0.2) is 47.0 Å². The zero-order valence-electron chi connectivity index (χ0n) is 16.0. The number of nitrogens with zero attached hydrogens (tertiary/aromatic N) is 2. The van der Waals surface area contributed by atoms with Crippen LogP contribution >= 0.6 is 0 Å². The van der Waals surface area contributed by atoms with Gasteiger partial charge < -0.3 is 19.3 Å². The van der Waals surface area contributed by atoms with E-state index in [1.807, 2.05) is 37.3 Å². The van der Waals surface area contributed by atoms with Gasteiger partial charge in [-0.15, -0.1) is 0 Å². The first-order valence-corrected chi connectivity index (χ1v) is 9.07. The molecule has 3 rings (SSSR count). The molecule has 1 N–H and O–H groups in total. The highest BCUT2D eigenvalue weighted by atomic mass is 16.5. The molecular formula is C21H25N3O3. The average Bonchev–Trinajstić information content (AvgIpc) is 3.21. The monoisotopic (exact) mass is 367 g/mol. The third kappa shape index (κ3) is 4.86. The van der Waals surface area contributed by atoms with Crippen molar-refractivity contribution in [1.29, 1.82) is 0 Å². The normalized spacial score (nSPS) is 10.8. The Hall–Kier alpha value is -2.86. The Labute approximate surface area is 159 Å². The van der Waals surface area contributed by atoms with Crippen molar-refractivity contribution in [2.45, 2.75) is 26.3 Å². The minimum Gasteiger partial charge on any atom is -0.497 e. The van der Waals surface area contributed by atoms with E-state index in [0.29, 0.717) is 5.89 Å². The van der Waals surface area contributed by atoms with Gasteiger partial charge in [-0.25, -0.2) is 0 Å². The molecule has 0 bridgehead atoms. The standard InChI is InChI=1S/C21H25N3O3/c1-4-20-23-21(27-24-20)16-7-5-15(6-8-16)11-12-22-14-17-13-18(25-2)9-10-19(17)26-3/h5-10,13,22H,4,11-12,14H2,1-3H3. The quantitative estimate of drug-likeness (QED) is 0.582. The van der Waals surface area contributed by atoms with Gasteiger partial charge in [-0.05, 0) is 48.9 Å². The van der Waals surface area contributed by atoms with Gasteiger partial charge >= 0.3 is 0 Å². The molecule has 27 heavy (non-hydrogen) atoms. The number of ether oxygens (including phenoxy) is 2. The first-order valence-electron chi connectivity index (χ1n) is 9.07. The lowest BCUT2D eigenvalue weighted by Gasteiger charge is -2.11. The highest BCUT2D eigenvalue weighted by Gasteiger charge is 2.08. The van der Waals surface area contributed by atoms with Crippen molar-refractivity contribution in [3.05, 3.63) is 59.4 Å². The minimum atomic E-state index is 0.571. The average molecular weight is 367 g/mol. The van der Waals surface area contributed by atoms with Crippen LogP contribution in [0.2, 0.25) is 0 Å². The molecule has 0 saturated heterocycles. The molecule has 0 unspecified atom stereocenters. The van der Waals surface area contributed by atoms with E-state index in [4.69, 9.17) is 14.0 Å².